The lowest BCUT2D eigenvalue weighted by molar-refractivity contribution is 0.406. The first-order valence-corrected chi connectivity index (χ1v) is 10.6. The number of aromatic nitrogens is 2. The zero-order chi connectivity index (χ0) is 19.6. The van der Waals surface area contributed by atoms with E-state index in [-0.39, 0.29) is 0 Å². The fraction of sp³-hybridized carbons (Fsp3) is 0.0455. The topological polar surface area (TPSA) is 60.5 Å². The highest BCUT2D eigenvalue weighted by molar-refractivity contribution is 7.13. The molecular weight excluding hydrogens is 402 g/mol. The highest BCUT2D eigenvalue weighted by Gasteiger charge is 2.14. The summed E-state index contributed by atoms with van der Waals surface area (Å²) in [5, 5.41) is 6.33. The van der Waals surface area contributed by atoms with E-state index in [2.05, 4.69) is 22.1 Å². The molecule has 0 aliphatic carbocycles. The standard InChI is InChI=1S/C22H15N3O2S2/c1-26-18-9-5-8-15-12-16(20(27-19(15)18)25-22-23-10-11-28-22)21-24-17(13-29-21)14-6-3-2-4-7-14/h2-13H,1H3/b25-20-. The quantitative estimate of drug-likeness (QED) is 0.364. The lowest BCUT2D eigenvalue weighted by Gasteiger charge is -2.06. The van der Waals surface area contributed by atoms with E-state index in [4.69, 9.17) is 14.1 Å². The van der Waals surface area contributed by atoms with Gasteiger partial charge in [-0.2, -0.15) is 4.99 Å². The van der Waals surface area contributed by atoms with Crippen LogP contribution in [0.5, 0.6) is 5.75 Å². The number of para-hydroxylation sites is 1. The van der Waals surface area contributed by atoms with E-state index < -0.39 is 0 Å². The maximum absolute atomic E-state index is 6.20. The van der Waals surface area contributed by atoms with Gasteiger partial charge in [-0.1, -0.05) is 42.5 Å². The second-order valence-electron chi connectivity index (χ2n) is 6.17. The van der Waals surface area contributed by atoms with Gasteiger partial charge in [0.15, 0.2) is 11.3 Å². The summed E-state index contributed by atoms with van der Waals surface area (Å²) in [5.74, 6) is 0.661. The van der Waals surface area contributed by atoms with E-state index in [1.807, 2.05) is 53.2 Å². The number of hydrogen-bond donors (Lipinski definition) is 0. The Labute approximate surface area is 174 Å². The molecule has 0 saturated carbocycles. The number of hydrogen-bond acceptors (Lipinski definition) is 7. The summed E-state index contributed by atoms with van der Waals surface area (Å²) in [6.07, 6.45) is 1.72. The van der Waals surface area contributed by atoms with Gasteiger partial charge in [-0.15, -0.1) is 22.7 Å². The molecule has 2 aromatic carbocycles. The molecule has 0 unspecified atom stereocenters. The average molecular weight is 418 g/mol. The third-order valence-electron chi connectivity index (χ3n) is 4.38. The van der Waals surface area contributed by atoms with Crippen molar-refractivity contribution >= 4 is 38.8 Å². The molecule has 142 valence electrons. The average Bonchev–Trinajstić information content (AvgIpc) is 3.46. The first kappa shape index (κ1) is 17.8. The van der Waals surface area contributed by atoms with Gasteiger partial charge >= 0.3 is 0 Å². The van der Waals surface area contributed by atoms with Gasteiger partial charge in [-0.25, -0.2) is 9.97 Å². The lowest BCUT2D eigenvalue weighted by Crippen LogP contribution is -2.05. The Hall–Kier alpha value is -3.29. The van der Waals surface area contributed by atoms with Crippen LogP contribution in [-0.2, 0) is 0 Å². The van der Waals surface area contributed by atoms with Gasteiger partial charge in [0.25, 0.3) is 0 Å². The monoisotopic (exact) mass is 417 g/mol. The van der Waals surface area contributed by atoms with Gasteiger partial charge in [0.1, 0.15) is 5.01 Å². The number of nitrogens with zero attached hydrogens (tertiary/aromatic N) is 3. The van der Waals surface area contributed by atoms with Crippen LogP contribution in [0.25, 0.3) is 32.8 Å². The minimum atomic E-state index is 0.464. The van der Waals surface area contributed by atoms with Crippen LogP contribution < -0.4 is 10.3 Å². The lowest BCUT2D eigenvalue weighted by atomic mass is 10.1. The van der Waals surface area contributed by atoms with Crippen molar-refractivity contribution in [3.63, 3.8) is 0 Å². The van der Waals surface area contributed by atoms with E-state index >= 15 is 0 Å². The van der Waals surface area contributed by atoms with Gasteiger partial charge < -0.3 is 9.15 Å². The molecular formula is C22H15N3O2S2. The third kappa shape index (κ3) is 3.46. The molecule has 0 radical (unpaired) electrons. The Kier molecular flexibility index (Phi) is 4.67. The van der Waals surface area contributed by atoms with Crippen LogP contribution in [0.1, 0.15) is 0 Å². The number of methoxy groups -OCH3 is 1. The van der Waals surface area contributed by atoms with Crippen molar-refractivity contribution in [2.45, 2.75) is 0 Å². The van der Waals surface area contributed by atoms with Gasteiger partial charge in [0.2, 0.25) is 10.7 Å². The van der Waals surface area contributed by atoms with Crippen molar-refractivity contribution in [2.24, 2.45) is 4.99 Å². The summed E-state index contributed by atoms with van der Waals surface area (Å²) in [6, 6.07) is 18.0. The van der Waals surface area contributed by atoms with Gasteiger partial charge in [-0.05, 0) is 12.1 Å². The summed E-state index contributed by atoms with van der Waals surface area (Å²) in [5.41, 5.74) is 3.94. The summed E-state index contributed by atoms with van der Waals surface area (Å²) < 4.78 is 11.7. The maximum atomic E-state index is 6.20. The van der Waals surface area contributed by atoms with Gasteiger partial charge in [0, 0.05) is 27.9 Å². The van der Waals surface area contributed by atoms with Crippen LogP contribution in [0.2, 0.25) is 0 Å². The molecule has 0 aliphatic rings. The number of rotatable bonds is 4. The van der Waals surface area contributed by atoms with E-state index in [0.717, 1.165) is 27.2 Å². The molecule has 3 aromatic heterocycles. The molecule has 5 rings (SSSR count). The van der Waals surface area contributed by atoms with Crippen LogP contribution in [0.3, 0.4) is 0 Å². The molecule has 0 spiro atoms. The molecule has 3 heterocycles. The summed E-state index contributed by atoms with van der Waals surface area (Å²) in [4.78, 5) is 13.7. The predicted octanol–water partition coefficient (Wildman–Crippen LogP) is 5.92. The molecule has 29 heavy (non-hydrogen) atoms. The van der Waals surface area contributed by atoms with E-state index in [1.54, 1.807) is 24.6 Å². The van der Waals surface area contributed by atoms with Crippen LogP contribution in [0.4, 0.5) is 5.13 Å². The summed E-state index contributed by atoms with van der Waals surface area (Å²) in [7, 11) is 1.63. The number of ether oxygens (including phenoxy) is 1. The fourth-order valence-electron chi connectivity index (χ4n) is 3.02. The Balaban J connectivity index is 1.73. The first-order valence-electron chi connectivity index (χ1n) is 8.88. The van der Waals surface area contributed by atoms with Crippen molar-refractivity contribution in [3.8, 4) is 27.6 Å². The van der Waals surface area contributed by atoms with Gasteiger partial charge in [0.05, 0.1) is 18.4 Å². The molecule has 0 bridgehead atoms. The van der Waals surface area contributed by atoms with E-state index in [1.165, 1.54) is 11.3 Å². The van der Waals surface area contributed by atoms with Crippen molar-refractivity contribution in [2.75, 3.05) is 7.11 Å². The molecule has 5 nitrogen and oxygen atoms in total. The van der Waals surface area contributed by atoms with Crippen LogP contribution in [0, 0.1) is 0 Å². The largest absolute Gasteiger partial charge is 0.493 e. The van der Waals surface area contributed by atoms with Crippen LogP contribution in [0.15, 0.2) is 81.0 Å². The smallest absolute Gasteiger partial charge is 0.232 e. The van der Waals surface area contributed by atoms with Crippen molar-refractivity contribution in [1.82, 2.24) is 9.97 Å². The first-order chi connectivity index (χ1) is 14.3. The molecule has 0 saturated heterocycles. The van der Waals surface area contributed by atoms with Crippen molar-refractivity contribution in [3.05, 3.63) is 77.1 Å². The Morgan fingerprint density at radius 3 is 2.72 bits per heavy atom. The molecule has 0 amide bonds. The minimum Gasteiger partial charge on any atom is -0.493 e. The van der Waals surface area contributed by atoms with E-state index in [9.17, 15) is 0 Å². The SMILES string of the molecule is COc1cccc2cc(-c3nc(-c4ccccc4)cs3)/c(=N/c3nccs3)oc12. The van der Waals surface area contributed by atoms with Crippen LogP contribution >= 0.6 is 22.7 Å². The second kappa shape index (κ2) is 7.62. The fourth-order valence-corrected chi connectivity index (χ4v) is 4.36. The third-order valence-corrected chi connectivity index (χ3v) is 5.92. The van der Waals surface area contributed by atoms with Crippen molar-refractivity contribution in [1.29, 1.82) is 0 Å². The molecule has 5 aromatic rings. The molecule has 0 aliphatic heterocycles. The molecule has 0 N–H and O–H groups in total. The predicted molar refractivity (Wildman–Crippen MR) is 117 cm³/mol. The normalized spacial score (nSPS) is 11.8. The zero-order valence-electron chi connectivity index (χ0n) is 15.4. The maximum Gasteiger partial charge on any atom is 0.232 e. The zero-order valence-corrected chi connectivity index (χ0v) is 17.0. The number of thiazole rings is 2. The Morgan fingerprint density at radius 1 is 1.03 bits per heavy atom. The number of fused-ring (bicyclic) bond motifs is 1. The Bertz CT molecular complexity index is 1340. The highest BCUT2D eigenvalue weighted by Crippen LogP contribution is 2.31. The summed E-state index contributed by atoms with van der Waals surface area (Å²) >= 11 is 3.02. The molecule has 0 fully saturated rings. The van der Waals surface area contributed by atoms with E-state index in [0.29, 0.717) is 22.0 Å². The Morgan fingerprint density at radius 2 is 1.93 bits per heavy atom. The molecule has 0 atom stereocenters. The van der Waals surface area contributed by atoms with Gasteiger partial charge in [-0.3, -0.25) is 0 Å². The summed E-state index contributed by atoms with van der Waals surface area (Å²) in [6.45, 7) is 0. The van der Waals surface area contributed by atoms with Crippen molar-refractivity contribution < 1.29 is 9.15 Å². The van der Waals surface area contributed by atoms with Crippen LogP contribution in [-0.4, -0.2) is 17.1 Å². The number of benzene rings is 2. The second-order valence-corrected chi connectivity index (χ2v) is 7.91. The highest BCUT2D eigenvalue weighted by atomic mass is 32.1. The molecule has 7 heteroatoms. The minimum absolute atomic E-state index is 0.464.